The molecule has 0 spiro atoms. The van der Waals surface area contributed by atoms with Crippen LogP contribution >= 0.6 is 11.3 Å². The highest BCUT2D eigenvalue weighted by Gasteiger charge is 2.27. The Morgan fingerprint density at radius 1 is 1.29 bits per heavy atom. The normalized spacial score (nSPS) is 17.4. The number of nitrogens with zero attached hydrogens (tertiary/aromatic N) is 3. The van der Waals surface area contributed by atoms with Gasteiger partial charge < -0.3 is 10.0 Å². The molecule has 1 amide bonds. The van der Waals surface area contributed by atoms with Crippen LogP contribution in [0.5, 0.6) is 0 Å². The van der Waals surface area contributed by atoms with Gasteiger partial charge >= 0.3 is 0 Å². The predicted octanol–water partition coefficient (Wildman–Crippen LogP) is 3.93. The van der Waals surface area contributed by atoms with Gasteiger partial charge in [-0.15, -0.1) is 11.3 Å². The Morgan fingerprint density at radius 3 is 2.86 bits per heavy atom. The number of benzene rings is 1. The average molecular weight is 398 g/mol. The number of thiazole rings is 1. The Bertz CT molecular complexity index is 943. The molecule has 1 N–H and O–H groups in total. The van der Waals surface area contributed by atoms with Gasteiger partial charge in [0.25, 0.3) is 0 Å². The molecule has 3 aromatic rings. The molecule has 5 nitrogen and oxygen atoms in total. The van der Waals surface area contributed by atoms with Crippen LogP contribution in [0.4, 0.5) is 0 Å². The summed E-state index contributed by atoms with van der Waals surface area (Å²) >= 11 is 1.58. The smallest absolute Gasteiger partial charge is 0.228 e. The lowest BCUT2D eigenvalue weighted by molar-refractivity contribution is -0.134. The SMILES string of the molecule is CCc1ccc(-c2cn3c(CC(=O)N4CCCCC4CCO)csc3n2)cc1. The molecule has 1 aliphatic rings. The van der Waals surface area contributed by atoms with E-state index in [0.29, 0.717) is 12.8 Å². The molecule has 0 saturated carbocycles. The molecular formula is C22H27N3O2S. The first-order chi connectivity index (χ1) is 13.7. The molecule has 6 heteroatoms. The third-order valence-electron chi connectivity index (χ3n) is 5.68. The molecule has 0 bridgehead atoms. The minimum absolute atomic E-state index is 0.138. The lowest BCUT2D eigenvalue weighted by Crippen LogP contribution is -2.45. The molecular weight excluding hydrogens is 370 g/mol. The summed E-state index contributed by atoms with van der Waals surface area (Å²) in [6.07, 6.45) is 7.30. The second-order valence-corrected chi connectivity index (χ2v) is 8.32. The number of aromatic nitrogens is 2. The molecule has 0 aliphatic carbocycles. The van der Waals surface area contributed by atoms with Gasteiger partial charge in [0.2, 0.25) is 5.91 Å². The number of piperidine rings is 1. The molecule has 1 fully saturated rings. The first kappa shape index (κ1) is 19.2. The van der Waals surface area contributed by atoms with E-state index in [1.54, 1.807) is 11.3 Å². The van der Waals surface area contributed by atoms with Crippen molar-refractivity contribution in [1.82, 2.24) is 14.3 Å². The monoisotopic (exact) mass is 397 g/mol. The third kappa shape index (κ3) is 3.84. The maximum absolute atomic E-state index is 13.0. The molecule has 2 aromatic heterocycles. The fraction of sp³-hybridized carbons (Fsp3) is 0.455. The number of aliphatic hydroxyl groups is 1. The van der Waals surface area contributed by atoms with Gasteiger partial charge in [-0.3, -0.25) is 9.20 Å². The average Bonchev–Trinajstić information content (AvgIpc) is 3.31. The molecule has 1 unspecified atom stereocenters. The number of carbonyl (C=O) groups excluding carboxylic acids is 1. The van der Waals surface area contributed by atoms with Gasteiger partial charge in [-0.25, -0.2) is 4.98 Å². The Kier molecular flexibility index (Phi) is 5.78. The predicted molar refractivity (Wildman–Crippen MR) is 113 cm³/mol. The highest BCUT2D eigenvalue weighted by atomic mass is 32.1. The second-order valence-electron chi connectivity index (χ2n) is 7.48. The van der Waals surface area contributed by atoms with E-state index in [2.05, 4.69) is 35.6 Å². The van der Waals surface area contributed by atoms with E-state index in [9.17, 15) is 9.90 Å². The Balaban J connectivity index is 1.54. The van der Waals surface area contributed by atoms with Crippen molar-refractivity contribution in [1.29, 1.82) is 0 Å². The van der Waals surface area contributed by atoms with Crippen LogP contribution in [-0.2, 0) is 17.6 Å². The van der Waals surface area contributed by atoms with Gasteiger partial charge in [-0.05, 0) is 37.7 Å². The standard InChI is InChI=1S/C22H27N3O2S/c1-2-16-6-8-17(9-7-16)20-14-25-19(15-28-22(25)23-20)13-21(27)24-11-4-3-5-18(24)10-12-26/h6-9,14-15,18,26H,2-5,10-13H2,1H3. The number of hydrogen-bond acceptors (Lipinski definition) is 4. The lowest BCUT2D eigenvalue weighted by atomic mass is 9.99. The molecule has 148 valence electrons. The van der Waals surface area contributed by atoms with E-state index < -0.39 is 0 Å². The topological polar surface area (TPSA) is 57.8 Å². The van der Waals surface area contributed by atoms with Gasteiger partial charge in [0, 0.05) is 42.0 Å². The Hall–Kier alpha value is -2.18. The van der Waals surface area contributed by atoms with Crippen molar-refractivity contribution in [2.45, 2.75) is 51.5 Å². The van der Waals surface area contributed by atoms with Crippen molar-refractivity contribution in [3.8, 4) is 11.3 Å². The summed E-state index contributed by atoms with van der Waals surface area (Å²) in [7, 11) is 0. The lowest BCUT2D eigenvalue weighted by Gasteiger charge is -2.35. The van der Waals surface area contributed by atoms with E-state index in [-0.39, 0.29) is 18.6 Å². The van der Waals surface area contributed by atoms with Crippen molar-refractivity contribution in [2.75, 3.05) is 13.2 Å². The van der Waals surface area contributed by atoms with Crippen molar-refractivity contribution in [2.24, 2.45) is 0 Å². The third-order valence-corrected chi connectivity index (χ3v) is 6.57. The summed E-state index contributed by atoms with van der Waals surface area (Å²) in [5.74, 6) is 0.153. The van der Waals surface area contributed by atoms with Crippen LogP contribution in [0.1, 0.15) is 43.9 Å². The van der Waals surface area contributed by atoms with Gasteiger partial charge in [0.05, 0.1) is 12.1 Å². The van der Waals surface area contributed by atoms with Gasteiger partial charge in [-0.1, -0.05) is 31.2 Å². The number of aryl methyl sites for hydroxylation is 1. The first-order valence-corrected chi connectivity index (χ1v) is 11.0. The number of hydrogen-bond donors (Lipinski definition) is 1. The highest BCUT2D eigenvalue weighted by Crippen LogP contribution is 2.26. The van der Waals surface area contributed by atoms with E-state index in [1.807, 2.05) is 16.5 Å². The Morgan fingerprint density at radius 2 is 2.11 bits per heavy atom. The summed E-state index contributed by atoms with van der Waals surface area (Å²) in [4.78, 5) is 20.6. The van der Waals surface area contributed by atoms with E-state index in [4.69, 9.17) is 4.98 Å². The first-order valence-electron chi connectivity index (χ1n) is 10.1. The molecule has 0 radical (unpaired) electrons. The van der Waals surface area contributed by atoms with Gasteiger partial charge in [-0.2, -0.15) is 0 Å². The molecule has 4 rings (SSSR count). The number of likely N-dealkylation sites (tertiary alicyclic amines) is 1. The summed E-state index contributed by atoms with van der Waals surface area (Å²) in [6, 6.07) is 8.69. The van der Waals surface area contributed by atoms with Crippen LogP contribution in [0.2, 0.25) is 0 Å². The number of amides is 1. The highest BCUT2D eigenvalue weighted by molar-refractivity contribution is 7.15. The largest absolute Gasteiger partial charge is 0.396 e. The zero-order valence-corrected chi connectivity index (χ0v) is 17.1. The van der Waals surface area contributed by atoms with E-state index >= 15 is 0 Å². The zero-order chi connectivity index (χ0) is 19.5. The van der Waals surface area contributed by atoms with Crippen molar-refractivity contribution < 1.29 is 9.90 Å². The number of imidazole rings is 1. The fourth-order valence-corrected chi connectivity index (χ4v) is 4.91. The summed E-state index contributed by atoms with van der Waals surface area (Å²) in [5, 5.41) is 11.3. The maximum atomic E-state index is 13.0. The summed E-state index contributed by atoms with van der Waals surface area (Å²) < 4.78 is 2.05. The van der Waals surface area contributed by atoms with Crippen LogP contribution in [0, 0.1) is 0 Å². The molecule has 28 heavy (non-hydrogen) atoms. The zero-order valence-electron chi connectivity index (χ0n) is 16.3. The number of rotatable bonds is 6. The number of aliphatic hydroxyl groups excluding tert-OH is 1. The second kappa shape index (κ2) is 8.45. The van der Waals surface area contributed by atoms with Gasteiger partial charge in [0.15, 0.2) is 4.96 Å². The fourth-order valence-electron chi connectivity index (χ4n) is 4.04. The summed E-state index contributed by atoms with van der Waals surface area (Å²) in [6.45, 7) is 3.09. The molecule has 1 aliphatic heterocycles. The van der Waals surface area contributed by atoms with Crippen molar-refractivity contribution in [3.05, 3.63) is 47.1 Å². The van der Waals surface area contributed by atoms with Crippen LogP contribution < -0.4 is 0 Å². The minimum Gasteiger partial charge on any atom is -0.396 e. The maximum Gasteiger partial charge on any atom is 0.228 e. The number of carbonyl (C=O) groups is 1. The molecule has 3 heterocycles. The Labute approximate surface area is 169 Å². The van der Waals surface area contributed by atoms with Crippen molar-refractivity contribution >= 4 is 22.2 Å². The minimum atomic E-state index is 0.138. The van der Waals surface area contributed by atoms with E-state index in [0.717, 1.165) is 54.1 Å². The van der Waals surface area contributed by atoms with Gasteiger partial charge in [0.1, 0.15) is 0 Å². The summed E-state index contributed by atoms with van der Waals surface area (Å²) in [5.41, 5.74) is 4.35. The van der Waals surface area contributed by atoms with Crippen LogP contribution in [0.25, 0.3) is 16.2 Å². The quantitative estimate of drug-likeness (QED) is 0.686. The molecule has 1 saturated heterocycles. The van der Waals surface area contributed by atoms with Crippen molar-refractivity contribution in [3.63, 3.8) is 0 Å². The van der Waals surface area contributed by atoms with Crippen LogP contribution in [-0.4, -0.2) is 44.5 Å². The van der Waals surface area contributed by atoms with Crippen LogP contribution in [0.3, 0.4) is 0 Å². The van der Waals surface area contributed by atoms with Crippen LogP contribution in [0.15, 0.2) is 35.8 Å². The molecule has 1 atom stereocenters. The molecule has 1 aromatic carbocycles. The number of fused-ring (bicyclic) bond motifs is 1. The van der Waals surface area contributed by atoms with E-state index in [1.165, 1.54) is 5.56 Å².